The monoisotopic (exact) mass is 465 g/mol. The van der Waals surface area contributed by atoms with Crippen molar-refractivity contribution in [3.8, 4) is 0 Å². The van der Waals surface area contributed by atoms with Crippen molar-refractivity contribution >= 4 is 23.6 Å². The third-order valence-electron chi connectivity index (χ3n) is 6.72. The summed E-state index contributed by atoms with van der Waals surface area (Å²) >= 11 is 1.66. The van der Waals surface area contributed by atoms with Gasteiger partial charge in [-0.2, -0.15) is 0 Å². The summed E-state index contributed by atoms with van der Waals surface area (Å²) < 4.78 is 0. The lowest BCUT2D eigenvalue weighted by atomic mass is 9.99. The molecule has 2 fully saturated rings. The van der Waals surface area contributed by atoms with E-state index in [2.05, 4.69) is 29.3 Å². The van der Waals surface area contributed by atoms with Gasteiger partial charge in [0.15, 0.2) is 0 Å². The van der Waals surface area contributed by atoms with Crippen LogP contribution in [0.4, 0.5) is 0 Å². The van der Waals surface area contributed by atoms with Gasteiger partial charge >= 0.3 is 0 Å². The highest BCUT2D eigenvalue weighted by Gasteiger charge is 2.32. The van der Waals surface area contributed by atoms with Crippen LogP contribution in [0.25, 0.3) is 0 Å². The minimum Gasteiger partial charge on any atom is -0.352 e. The van der Waals surface area contributed by atoms with Gasteiger partial charge in [0.1, 0.15) is 5.37 Å². The summed E-state index contributed by atoms with van der Waals surface area (Å²) in [6, 6.07) is 18.0. The first-order valence-corrected chi connectivity index (χ1v) is 13.2. The first kappa shape index (κ1) is 23.8. The van der Waals surface area contributed by atoms with Crippen LogP contribution in [0.3, 0.4) is 0 Å². The maximum absolute atomic E-state index is 12.6. The molecule has 2 saturated heterocycles. The van der Waals surface area contributed by atoms with Crippen molar-refractivity contribution in [3.63, 3.8) is 0 Å². The molecule has 2 heterocycles. The standard InChI is InChI=1S/C27H35N3O2S/c1-21-12-17-29(18-13-21)16-5-15-28-26(32)23-8-10-24(11-9-23)27-30(25(31)20-33-27)19-14-22-6-3-2-4-7-22/h2-4,6-11,21,27H,5,12-20H2,1H3,(H,28,32). The SMILES string of the molecule is CC1CCN(CCCNC(=O)c2ccc(C3SCC(=O)N3CCc3ccccc3)cc2)CC1. The lowest BCUT2D eigenvalue weighted by Gasteiger charge is -2.30. The summed E-state index contributed by atoms with van der Waals surface area (Å²) in [5.74, 6) is 1.52. The summed E-state index contributed by atoms with van der Waals surface area (Å²) in [6.07, 6.45) is 4.40. The molecule has 1 unspecified atom stereocenters. The van der Waals surface area contributed by atoms with Gasteiger partial charge in [-0.1, -0.05) is 49.4 Å². The molecule has 1 atom stereocenters. The predicted molar refractivity (Wildman–Crippen MR) is 135 cm³/mol. The van der Waals surface area contributed by atoms with Gasteiger partial charge in [0, 0.05) is 18.7 Å². The summed E-state index contributed by atoms with van der Waals surface area (Å²) in [4.78, 5) is 29.5. The molecule has 6 heteroatoms. The van der Waals surface area contributed by atoms with E-state index < -0.39 is 0 Å². The lowest BCUT2D eigenvalue weighted by molar-refractivity contribution is -0.128. The van der Waals surface area contributed by atoms with E-state index in [0.29, 0.717) is 24.4 Å². The molecule has 33 heavy (non-hydrogen) atoms. The van der Waals surface area contributed by atoms with Crippen LogP contribution in [0.1, 0.15) is 53.0 Å². The smallest absolute Gasteiger partial charge is 0.251 e. The second-order valence-corrected chi connectivity index (χ2v) is 10.3. The van der Waals surface area contributed by atoms with Gasteiger partial charge in [0.25, 0.3) is 5.91 Å². The molecule has 5 nitrogen and oxygen atoms in total. The lowest BCUT2D eigenvalue weighted by Crippen LogP contribution is -2.35. The summed E-state index contributed by atoms with van der Waals surface area (Å²) in [5.41, 5.74) is 2.99. The Labute approximate surface area is 201 Å². The average molecular weight is 466 g/mol. The van der Waals surface area contributed by atoms with E-state index >= 15 is 0 Å². The quantitative estimate of drug-likeness (QED) is 0.559. The molecule has 0 radical (unpaired) electrons. The number of hydrogen-bond donors (Lipinski definition) is 1. The van der Waals surface area contributed by atoms with Gasteiger partial charge in [0.2, 0.25) is 5.91 Å². The topological polar surface area (TPSA) is 52.7 Å². The zero-order valence-electron chi connectivity index (χ0n) is 19.5. The molecule has 2 aliphatic heterocycles. The number of nitrogens with one attached hydrogen (secondary N) is 1. The molecule has 0 aromatic heterocycles. The van der Waals surface area contributed by atoms with Crippen LogP contribution in [0.2, 0.25) is 0 Å². The van der Waals surface area contributed by atoms with Gasteiger partial charge in [0.05, 0.1) is 5.75 Å². The van der Waals surface area contributed by atoms with Crippen LogP contribution >= 0.6 is 11.8 Å². The van der Waals surface area contributed by atoms with Gasteiger partial charge in [-0.05, 0) is 74.5 Å². The highest BCUT2D eigenvalue weighted by molar-refractivity contribution is 8.00. The Balaban J connectivity index is 1.25. The number of carbonyl (C=O) groups is 2. The van der Waals surface area contributed by atoms with Crippen LogP contribution in [0.5, 0.6) is 0 Å². The van der Waals surface area contributed by atoms with Gasteiger partial charge in [-0.15, -0.1) is 11.8 Å². The van der Waals surface area contributed by atoms with Crippen molar-refractivity contribution in [2.75, 3.05) is 38.5 Å². The van der Waals surface area contributed by atoms with E-state index in [4.69, 9.17) is 0 Å². The number of benzene rings is 2. The number of thioether (sulfide) groups is 1. The van der Waals surface area contributed by atoms with Gasteiger partial charge in [-0.25, -0.2) is 0 Å². The Morgan fingerprint density at radius 2 is 1.76 bits per heavy atom. The first-order valence-electron chi connectivity index (χ1n) is 12.2. The number of amides is 2. The molecular formula is C27H35N3O2S. The molecule has 0 aliphatic carbocycles. The van der Waals surface area contributed by atoms with Crippen LogP contribution < -0.4 is 5.32 Å². The number of carbonyl (C=O) groups excluding carboxylic acids is 2. The molecule has 176 valence electrons. The fraction of sp³-hybridized carbons (Fsp3) is 0.481. The van der Waals surface area contributed by atoms with E-state index in [0.717, 1.165) is 30.9 Å². The average Bonchev–Trinajstić information content (AvgIpc) is 3.22. The van der Waals surface area contributed by atoms with Crippen molar-refractivity contribution in [1.82, 2.24) is 15.1 Å². The van der Waals surface area contributed by atoms with Crippen molar-refractivity contribution in [2.45, 2.75) is 38.0 Å². The molecule has 2 aliphatic rings. The van der Waals surface area contributed by atoms with Gasteiger partial charge < -0.3 is 15.1 Å². The molecule has 0 spiro atoms. The fourth-order valence-corrected chi connectivity index (χ4v) is 5.78. The number of piperidine rings is 1. The van der Waals surface area contributed by atoms with Crippen molar-refractivity contribution < 1.29 is 9.59 Å². The number of nitrogens with zero attached hydrogens (tertiary/aromatic N) is 2. The minimum absolute atomic E-state index is 0.0191. The second kappa shape index (κ2) is 11.7. The number of rotatable bonds is 9. The highest BCUT2D eigenvalue weighted by Crippen LogP contribution is 2.38. The Kier molecular flexibility index (Phi) is 8.46. The van der Waals surface area contributed by atoms with Crippen molar-refractivity contribution in [2.24, 2.45) is 5.92 Å². The summed E-state index contributed by atoms with van der Waals surface area (Å²) in [6.45, 7) is 7.15. The Morgan fingerprint density at radius 3 is 2.48 bits per heavy atom. The number of likely N-dealkylation sites (tertiary alicyclic amines) is 1. The normalized spacial score (nSPS) is 19.7. The van der Waals surface area contributed by atoms with Crippen LogP contribution in [-0.2, 0) is 11.2 Å². The summed E-state index contributed by atoms with van der Waals surface area (Å²) in [7, 11) is 0. The second-order valence-electron chi connectivity index (χ2n) is 9.24. The van der Waals surface area contributed by atoms with E-state index in [1.54, 1.807) is 11.8 Å². The molecule has 2 aromatic carbocycles. The molecule has 4 rings (SSSR count). The van der Waals surface area contributed by atoms with Gasteiger partial charge in [-0.3, -0.25) is 9.59 Å². The first-order chi connectivity index (χ1) is 16.1. The molecular weight excluding hydrogens is 430 g/mol. The third kappa shape index (κ3) is 6.61. The molecule has 2 amide bonds. The maximum Gasteiger partial charge on any atom is 0.251 e. The Morgan fingerprint density at radius 1 is 1.03 bits per heavy atom. The molecule has 1 N–H and O–H groups in total. The van der Waals surface area contributed by atoms with Crippen LogP contribution in [0.15, 0.2) is 54.6 Å². The summed E-state index contributed by atoms with van der Waals surface area (Å²) in [5, 5.41) is 3.07. The van der Waals surface area contributed by atoms with Crippen molar-refractivity contribution in [1.29, 1.82) is 0 Å². The molecule has 0 bridgehead atoms. The van der Waals surface area contributed by atoms with E-state index in [1.165, 1.54) is 31.5 Å². The molecule has 0 saturated carbocycles. The third-order valence-corrected chi connectivity index (χ3v) is 7.98. The van der Waals surface area contributed by atoms with Crippen LogP contribution in [0, 0.1) is 5.92 Å². The Bertz CT molecular complexity index is 911. The minimum atomic E-state index is -0.0232. The van der Waals surface area contributed by atoms with E-state index in [-0.39, 0.29) is 17.2 Å². The fourth-order valence-electron chi connectivity index (χ4n) is 4.56. The molecule has 2 aromatic rings. The zero-order valence-corrected chi connectivity index (χ0v) is 20.4. The van der Waals surface area contributed by atoms with Crippen LogP contribution in [-0.4, -0.2) is 60.1 Å². The Hall–Kier alpha value is -2.31. The van der Waals surface area contributed by atoms with Crippen molar-refractivity contribution in [3.05, 3.63) is 71.3 Å². The predicted octanol–water partition coefficient (Wildman–Crippen LogP) is 4.36. The largest absolute Gasteiger partial charge is 0.352 e. The number of hydrogen-bond acceptors (Lipinski definition) is 4. The highest BCUT2D eigenvalue weighted by atomic mass is 32.2. The maximum atomic E-state index is 12.6. The van der Waals surface area contributed by atoms with E-state index in [1.807, 2.05) is 47.4 Å². The van der Waals surface area contributed by atoms with E-state index in [9.17, 15) is 9.59 Å². The zero-order chi connectivity index (χ0) is 23.0.